The molecule has 0 N–H and O–H groups in total. The Morgan fingerprint density at radius 3 is 2.87 bits per heavy atom. The van der Waals surface area contributed by atoms with Gasteiger partial charge < -0.3 is 4.74 Å². The molecule has 0 heterocycles. The molecule has 0 atom stereocenters. The van der Waals surface area contributed by atoms with E-state index in [0.717, 1.165) is 0 Å². The number of ether oxygens (including phenoxy) is 1. The van der Waals surface area contributed by atoms with E-state index in [1.165, 1.54) is 0 Å². The first kappa shape index (κ1) is 11.7. The number of nitriles is 1. The fraction of sp³-hybridized carbons (Fsp3) is 0.273. The summed E-state index contributed by atoms with van der Waals surface area (Å²) in [6.45, 7) is 2.35. The van der Waals surface area contributed by atoms with E-state index in [-0.39, 0.29) is 11.1 Å². The van der Waals surface area contributed by atoms with Gasteiger partial charge in [0, 0.05) is 5.56 Å². The van der Waals surface area contributed by atoms with Crippen molar-refractivity contribution in [1.29, 1.82) is 5.26 Å². The molecule has 0 amide bonds. The SMILES string of the molecule is CCOc1ccc(C(=O)CBr)cc1C#N. The van der Waals surface area contributed by atoms with Gasteiger partial charge in [0.2, 0.25) is 0 Å². The van der Waals surface area contributed by atoms with Crippen molar-refractivity contribution in [2.75, 3.05) is 11.9 Å². The summed E-state index contributed by atoms with van der Waals surface area (Å²) in [5.74, 6) is 0.473. The summed E-state index contributed by atoms with van der Waals surface area (Å²) in [7, 11) is 0. The number of halogens is 1. The number of ketones is 1. The van der Waals surface area contributed by atoms with Gasteiger partial charge in [0.05, 0.1) is 17.5 Å². The second-order valence-electron chi connectivity index (χ2n) is 2.81. The molecule has 1 aromatic rings. The molecule has 0 aliphatic heterocycles. The van der Waals surface area contributed by atoms with Crippen molar-refractivity contribution in [2.45, 2.75) is 6.92 Å². The van der Waals surface area contributed by atoms with E-state index >= 15 is 0 Å². The summed E-state index contributed by atoms with van der Waals surface area (Å²) in [6, 6.07) is 6.87. The molecule has 0 fully saturated rings. The Morgan fingerprint density at radius 1 is 1.60 bits per heavy atom. The maximum atomic E-state index is 11.4. The first-order valence-corrected chi connectivity index (χ1v) is 5.61. The normalized spacial score (nSPS) is 9.40. The Bertz CT molecular complexity index is 410. The standard InChI is InChI=1S/C11H10BrNO2/c1-2-15-11-4-3-8(10(14)6-12)5-9(11)7-13/h3-5H,2,6H2,1H3. The largest absolute Gasteiger partial charge is 0.492 e. The van der Waals surface area contributed by atoms with Gasteiger partial charge in [0.1, 0.15) is 11.8 Å². The number of carbonyl (C=O) groups excluding carboxylic acids is 1. The lowest BCUT2D eigenvalue weighted by molar-refractivity contribution is 0.102. The minimum absolute atomic E-state index is 0.0467. The van der Waals surface area contributed by atoms with Gasteiger partial charge in [-0.2, -0.15) is 5.26 Å². The van der Waals surface area contributed by atoms with Crippen LogP contribution < -0.4 is 4.74 Å². The van der Waals surface area contributed by atoms with Gasteiger partial charge in [-0.1, -0.05) is 15.9 Å². The van der Waals surface area contributed by atoms with E-state index in [1.807, 2.05) is 13.0 Å². The van der Waals surface area contributed by atoms with Crippen LogP contribution in [0.15, 0.2) is 18.2 Å². The van der Waals surface area contributed by atoms with E-state index in [4.69, 9.17) is 10.00 Å². The smallest absolute Gasteiger partial charge is 0.173 e. The number of rotatable bonds is 4. The molecule has 4 heteroatoms. The molecular weight excluding hydrogens is 258 g/mol. The van der Waals surface area contributed by atoms with Gasteiger partial charge in [-0.3, -0.25) is 4.79 Å². The number of benzene rings is 1. The molecule has 78 valence electrons. The molecule has 0 aromatic heterocycles. The highest BCUT2D eigenvalue weighted by atomic mass is 79.9. The fourth-order valence-corrected chi connectivity index (χ4v) is 1.47. The molecule has 0 radical (unpaired) electrons. The average Bonchev–Trinajstić information content (AvgIpc) is 2.29. The van der Waals surface area contributed by atoms with Gasteiger partial charge in [-0.05, 0) is 25.1 Å². The summed E-state index contributed by atoms with van der Waals surface area (Å²) in [5, 5.41) is 9.13. The van der Waals surface area contributed by atoms with E-state index in [2.05, 4.69) is 15.9 Å². The van der Waals surface area contributed by atoms with Crippen LogP contribution >= 0.6 is 15.9 Å². The lowest BCUT2D eigenvalue weighted by atomic mass is 10.1. The summed E-state index contributed by atoms with van der Waals surface area (Å²) in [4.78, 5) is 11.4. The number of alkyl halides is 1. The summed E-state index contributed by atoms with van der Waals surface area (Å²) < 4.78 is 5.25. The topological polar surface area (TPSA) is 50.1 Å². The second kappa shape index (κ2) is 5.52. The van der Waals surface area contributed by atoms with Crippen molar-refractivity contribution < 1.29 is 9.53 Å². The van der Waals surface area contributed by atoms with Crippen molar-refractivity contribution in [3.05, 3.63) is 29.3 Å². The van der Waals surface area contributed by atoms with E-state index < -0.39 is 0 Å². The minimum Gasteiger partial charge on any atom is -0.492 e. The Labute approximate surface area is 96.8 Å². The zero-order valence-corrected chi connectivity index (χ0v) is 9.87. The summed E-state index contributed by atoms with van der Waals surface area (Å²) in [6.07, 6.45) is 0. The third-order valence-corrected chi connectivity index (χ3v) is 2.35. The van der Waals surface area contributed by atoms with Crippen molar-refractivity contribution >= 4 is 21.7 Å². The lowest BCUT2D eigenvalue weighted by Crippen LogP contribution is -2.02. The van der Waals surface area contributed by atoms with Gasteiger partial charge in [-0.15, -0.1) is 0 Å². The number of Topliss-reactive ketones (excluding diaryl/α,β-unsaturated/α-hetero) is 1. The van der Waals surface area contributed by atoms with E-state index in [9.17, 15) is 4.79 Å². The number of carbonyl (C=O) groups is 1. The van der Waals surface area contributed by atoms with Crippen LogP contribution in [0.1, 0.15) is 22.8 Å². The number of hydrogen-bond acceptors (Lipinski definition) is 3. The molecule has 0 aliphatic carbocycles. The molecule has 1 aromatic carbocycles. The van der Waals surface area contributed by atoms with Crippen molar-refractivity contribution in [3.63, 3.8) is 0 Å². The Hall–Kier alpha value is -1.34. The highest BCUT2D eigenvalue weighted by Gasteiger charge is 2.08. The number of nitrogens with zero attached hydrogens (tertiary/aromatic N) is 1. The Morgan fingerprint density at radius 2 is 2.33 bits per heavy atom. The van der Waals surface area contributed by atoms with Crippen molar-refractivity contribution in [3.8, 4) is 11.8 Å². The van der Waals surface area contributed by atoms with Crippen molar-refractivity contribution in [2.24, 2.45) is 0 Å². The molecule has 0 unspecified atom stereocenters. The Kier molecular flexibility index (Phi) is 4.32. The quantitative estimate of drug-likeness (QED) is 0.622. The van der Waals surface area contributed by atoms with Crippen LogP contribution in [0, 0.1) is 11.3 Å². The van der Waals surface area contributed by atoms with Crippen LogP contribution in [0.4, 0.5) is 0 Å². The molecule has 3 nitrogen and oxygen atoms in total. The Balaban J connectivity index is 3.09. The first-order chi connectivity index (χ1) is 7.22. The van der Waals surface area contributed by atoms with E-state index in [0.29, 0.717) is 23.5 Å². The van der Waals surface area contributed by atoms with Gasteiger partial charge in [0.25, 0.3) is 0 Å². The fourth-order valence-electron chi connectivity index (χ4n) is 1.15. The summed E-state index contributed by atoms with van der Waals surface area (Å²) in [5.41, 5.74) is 0.913. The molecule has 15 heavy (non-hydrogen) atoms. The monoisotopic (exact) mass is 267 g/mol. The molecular formula is C11H10BrNO2. The first-order valence-electron chi connectivity index (χ1n) is 4.49. The van der Waals surface area contributed by atoms with Crippen LogP contribution in [0.2, 0.25) is 0 Å². The van der Waals surface area contributed by atoms with Crippen molar-refractivity contribution in [1.82, 2.24) is 0 Å². The molecule has 0 spiro atoms. The summed E-state index contributed by atoms with van der Waals surface area (Å²) >= 11 is 3.08. The second-order valence-corrected chi connectivity index (χ2v) is 3.37. The van der Waals surface area contributed by atoms with Crippen LogP contribution in [0.5, 0.6) is 5.75 Å². The maximum absolute atomic E-state index is 11.4. The molecule has 0 saturated carbocycles. The van der Waals surface area contributed by atoms with Gasteiger partial charge >= 0.3 is 0 Å². The zero-order valence-electron chi connectivity index (χ0n) is 8.29. The maximum Gasteiger partial charge on any atom is 0.173 e. The van der Waals surface area contributed by atoms with Crippen LogP contribution in [-0.4, -0.2) is 17.7 Å². The minimum atomic E-state index is -0.0467. The predicted octanol–water partition coefficient (Wildman–Crippen LogP) is 2.53. The zero-order chi connectivity index (χ0) is 11.3. The van der Waals surface area contributed by atoms with Gasteiger partial charge in [-0.25, -0.2) is 0 Å². The van der Waals surface area contributed by atoms with Crippen LogP contribution in [0.3, 0.4) is 0 Å². The van der Waals surface area contributed by atoms with Gasteiger partial charge in [0.15, 0.2) is 5.78 Å². The van der Waals surface area contributed by atoms with E-state index in [1.54, 1.807) is 18.2 Å². The average molecular weight is 268 g/mol. The van der Waals surface area contributed by atoms with Crippen LogP contribution in [-0.2, 0) is 0 Å². The highest BCUT2D eigenvalue weighted by molar-refractivity contribution is 9.09. The third kappa shape index (κ3) is 2.80. The lowest BCUT2D eigenvalue weighted by Gasteiger charge is -2.06. The number of hydrogen-bond donors (Lipinski definition) is 0. The molecule has 0 aliphatic rings. The van der Waals surface area contributed by atoms with Crippen LogP contribution in [0.25, 0.3) is 0 Å². The molecule has 1 rings (SSSR count). The third-order valence-electron chi connectivity index (χ3n) is 1.84. The molecule has 0 saturated heterocycles. The predicted molar refractivity (Wildman–Crippen MR) is 60.5 cm³/mol. The highest BCUT2D eigenvalue weighted by Crippen LogP contribution is 2.19. The molecule has 0 bridgehead atoms.